The Morgan fingerprint density at radius 2 is 2.11 bits per heavy atom. The number of rotatable bonds is 7. The number of nitrogens with one attached hydrogen (secondary N) is 2. The van der Waals surface area contributed by atoms with E-state index in [2.05, 4.69) is 10.6 Å². The molecule has 5 nitrogen and oxygen atoms in total. The summed E-state index contributed by atoms with van der Waals surface area (Å²) in [5, 5.41) is 15.4. The van der Waals surface area contributed by atoms with Crippen LogP contribution >= 0.6 is 0 Å². The van der Waals surface area contributed by atoms with E-state index in [0.717, 1.165) is 12.1 Å². The molecule has 18 heavy (non-hydrogen) atoms. The number of methoxy groups -OCH3 is 1. The highest BCUT2D eigenvalue weighted by atomic mass is 16.5. The highest BCUT2D eigenvalue weighted by Gasteiger charge is 2.10. The molecule has 0 aliphatic heterocycles. The van der Waals surface area contributed by atoms with E-state index in [4.69, 9.17) is 4.74 Å². The minimum absolute atomic E-state index is 0.00504. The van der Waals surface area contributed by atoms with Crippen molar-refractivity contribution in [2.45, 2.75) is 6.92 Å². The van der Waals surface area contributed by atoms with Crippen molar-refractivity contribution in [2.24, 2.45) is 0 Å². The number of aryl methyl sites for hydroxylation is 1. The molecular weight excluding hydrogens is 232 g/mol. The van der Waals surface area contributed by atoms with Crippen molar-refractivity contribution in [1.82, 2.24) is 10.6 Å². The first-order valence-electron chi connectivity index (χ1n) is 5.92. The van der Waals surface area contributed by atoms with Crippen LogP contribution in [0.4, 0.5) is 0 Å². The molecule has 0 fully saturated rings. The van der Waals surface area contributed by atoms with Crippen LogP contribution in [0.3, 0.4) is 0 Å². The zero-order valence-corrected chi connectivity index (χ0v) is 10.8. The van der Waals surface area contributed by atoms with Gasteiger partial charge >= 0.3 is 0 Å². The molecule has 0 aromatic heterocycles. The van der Waals surface area contributed by atoms with Crippen LogP contribution in [-0.4, -0.2) is 44.4 Å². The molecule has 100 valence electrons. The van der Waals surface area contributed by atoms with Crippen molar-refractivity contribution in [3.8, 4) is 5.75 Å². The molecule has 0 saturated carbocycles. The fourth-order valence-corrected chi connectivity index (χ4v) is 1.49. The summed E-state index contributed by atoms with van der Waals surface area (Å²) in [6.45, 7) is 4.45. The van der Waals surface area contributed by atoms with Crippen molar-refractivity contribution < 1.29 is 14.6 Å². The Labute approximate surface area is 107 Å². The van der Waals surface area contributed by atoms with Crippen LogP contribution in [0.15, 0.2) is 18.2 Å². The Balaban J connectivity index is 2.34. The maximum absolute atomic E-state index is 11.8. The van der Waals surface area contributed by atoms with Gasteiger partial charge in [0.15, 0.2) is 0 Å². The number of phenolic OH excluding ortho intramolecular Hbond substituents is 1. The molecule has 0 spiro atoms. The topological polar surface area (TPSA) is 70.6 Å². The third-order valence-electron chi connectivity index (χ3n) is 2.47. The first kappa shape index (κ1) is 14.5. The summed E-state index contributed by atoms with van der Waals surface area (Å²) in [6.07, 6.45) is 0. The second-order valence-electron chi connectivity index (χ2n) is 4.02. The van der Waals surface area contributed by atoms with E-state index in [1.165, 1.54) is 6.07 Å². The predicted octanol–water partition coefficient (Wildman–Crippen LogP) is 0.666. The van der Waals surface area contributed by atoms with Gasteiger partial charge in [0.2, 0.25) is 0 Å². The second-order valence-corrected chi connectivity index (χ2v) is 4.02. The largest absolute Gasteiger partial charge is 0.507 e. The Bertz CT molecular complexity index is 394. The molecule has 0 saturated heterocycles. The summed E-state index contributed by atoms with van der Waals surface area (Å²) in [5.41, 5.74) is 1.25. The maximum Gasteiger partial charge on any atom is 0.255 e. The molecule has 1 aromatic carbocycles. The monoisotopic (exact) mass is 252 g/mol. The minimum Gasteiger partial charge on any atom is -0.507 e. The van der Waals surface area contributed by atoms with E-state index in [-0.39, 0.29) is 11.7 Å². The van der Waals surface area contributed by atoms with Crippen LogP contribution in [0.2, 0.25) is 0 Å². The minimum atomic E-state index is -0.259. The normalized spacial score (nSPS) is 10.3. The number of phenols is 1. The van der Waals surface area contributed by atoms with E-state index in [0.29, 0.717) is 25.3 Å². The lowest BCUT2D eigenvalue weighted by Gasteiger charge is -2.08. The molecular formula is C13H20N2O3. The SMILES string of the molecule is COCCNCCNC(=O)c1cc(C)ccc1O. The molecule has 1 aromatic rings. The number of carbonyl (C=O) groups excluding carboxylic acids is 1. The number of aromatic hydroxyl groups is 1. The van der Waals surface area contributed by atoms with E-state index < -0.39 is 0 Å². The molecule has 5 heteroatoms. The molecule has 0 aliphatic rings. The van der Waals surface area contributed by atoms with Gasteiger partial charge in [-0.25, -0.2) is 0 Å². The third kappa shape index (κ3) is 4.73. The van der Waals surface area contributed by atoms with Crippen LogP contribution in [0.1, 0.15) is 15.9 Å². The standard InChI is InChI=1S/C13H20N2O3/c1-10-3-4-12(16)11(9-10)13(17)15-6-5-14-7-8-18-2/h3-4,9,14,16H,5-8H2,1-2H3,(H,15,17). The number of ether oxygens (including phenoxy) is 1. The van der Waals surface area contributed by atoms with E-state index >= 15 is 0 Å². The molecule has 0 unspecified atom stereocenters. The summed E-state index contributed by atoms with van der Waals surface area (Å²) >= 11 is 0. The van der Waals surface area contributed by atoms with Gasteiger partial charge < -0.3 is 20.5 Å². The smallest absolute Gasteiger partial charge is 0.255 e. The lowest BCUT2D eigenvalue weighted by Crippen LogP contribution is -2.33. The predicted molar refractivity (Wildman–Crippen MR) is 69.9 cm³/mol. The van der Waals surface area contributed by atoms with Gasteiger partial charge in [-0.3, -0.25) is 4.79 Å². The van der Waals surface area contributed by atoms with Crippen molar-refractivity contribution in [1.29, 1.82) is 0 Å². The second kappa shape index (κ2) is 7.68. The van der Waals surface area contributed by atoms with Gasteiger partial charge in [-0.05, 0) is 19.1 Å². The summed E-state index contributed by atoms with van der Waals surface area (Å²) in [7, 11) is 1.64. The molecule has 0 radical (unpaired) electrons. The highest BCUT2D eigenvalue weighted by molar-refractivity contribution is 5.96. The van der Waals surface area contributed by atoms with Crippen molar-refractivity contribution in [3.63, 3.8) is 0 Å². The summed E-state index contributed by atoms with van der Waals surface area (Å²) < 4.78 is 4.88. The average Bonchev–Trinajstić information content (AvgIpc) is 2.36. The van der Waals surface area contributed by atoms with Crippen LogP contribution < -0.4 is 10.6 Å². The zero-order chi connectivity index (χ0) is 13.4. The summed E-state index contributed by atoms with van der Waals surface area (Å²) in [5.74, 6) is -0.254. The Morgan fingerprint density at radius 3 is 2.83 bits per heavy atom. The fraction of sp³-hybridized carbons (Fsp3) is 0.462. The number of amides is 1. The Morgan fingerprint density at radius 1 is 1.33 bits per heavy atom. The van der Waals surface area contributed by atoms with Gasteiger partial charge in [0.05, 0.1) is 12.2 Å². The molecule has 0 aliphatic carbocycles. The Kier molecular flexibility index (Phi) is 6.18. The van der Waals surface area contributed by atoms with E-state index in [1.54, 1.807) is 19.2 Å². The van der Waals surface area contributed by atoms with Gasteiger partial charge in [-0.1, -0.05) is 11.6 Å². The quantitative estimate of drug-likeness (QED) is 0.624. The molecule has 0 bridgehead atoms. The highest BCUT2D eigenvalue weighted by Crippen LogP contribution is 2.17. The first-order valence-corrected chi connectivity index (χ1v) is 5.92. The van der Waals surface area contributed by atoms with Crippen LogP contribution in [-0.2, 0) is 4.74 Å². The van der Waals surface area contributed by atoms with Crippen LogP contribution in [0.5, 0.6) is 5.75 Å². The fourth-order valence-electron chi connectivity index (χ4n) is 1.49. The molecule has 3 N–H and O–H groups in total. The Hall–Kier alpha value is -1.59. The third-order valence-corrected chi connectivity index (χ3v) is 2.47. The molecule has 1 amide bonds. The number of carbonyl (C=O) groups is 1. The zero-order valence-electron chi connectivity index (χ0n) is 10.8. The average molecular weight is 252 g/mol. The number of hydrogen-bond donors (Lipinski definition) is 3. The van der Waals surface area contributed by atoms with Crippen LogP contribution in [0.25, 0.3) is 0 Å². The molecule has 1 rings (SSSR count). The maximum atomic E-state index is 11.8. The van der Waals surface area contributed by atoms with Crippen molar-refractivity contribution in [3.05, 3.63) is 29.3 Å². The van der Waals surface area contributed by atoms with E-state index in [9.17, 15) is 9.90 Å². The van der Waals surface area contributed by atoms with Crippen LogP contribution in [0, 0.1) is 6.92 Å². The van der Waals surface area contributed by atoms with Gasteiger partial charge in [-0.15, -0.1) is 0 Å². The van der Waals surface area contributed by atoms with Crippen molar-refractivity contribution in [2.75, 3.05) is 33.4 Å². The molecule has 0 atom stereocenters. The van der Waals surface area contributed by atoms with Gasteiger partial charge in [0.25, 0.3) is 5.91 Å². The molecule has 0 heterocycles. The lowest BCUT2D eigenvalue weighted by atomic mass is 10.1. The van der Waals surface area contributed by atoms with E-state index in [1.807, 2.05) is 6.92 Å². The summed E-state index contributed by atoms with van der Waals surface area (Å²) in [4.78, 5) is 11.8. The van der Waals surface area contributed by atoms with Gasteiger partial charge in [0, 0.05) is 26.7 Å². The summed E-state index contributed by atoms with van der Waals surface area (Å²) in [6, 6.07) is 4.96. The van der Waals surface area contributed by atoms with Gasteiger partial charge in [-0.2, -0.15) is 0 Å². The first-order chi connectivity index (χ1) is 8.65. The van der Waals surface area contributed by atoms with Gasteiger partial charge in [0.1, 0.15) is 5.75 Å². The number of benzene rings is 1. The lowest BCUT2D eigenvalue weighted by molar-refractivity contribution is 0.0951. The van der Waals surface area contributed by atoms with Crippen molar-refractivity contribution >= 4 is 5.91 Å². The number of hydrogen-bond acceptors (Lipinski definition) is 4.